The first-order chi connectivity index (χ1) is 7.38. The van der Waals surface area contributed by atoms with E-state index in [1.54, 1.807) is 11.3 Å². The first-order valence-electron chi connectivity index (χ1n) is 5.08. The maximum atomic E-state index is 4.22. The summed E-state index contributed by atoms with van der Waals surface area (Å²) in [5.74, 6) is 0. The summed E-state index contributed by atoms with van der Waals surface area (Å²) in [7, 11) is 0. The number of benzene rings is 1. The van der Waals surface area contributed by atoms with Gasteiger partial charge in [-0.3, -0.25) is 0 Å². The van der Waals surface area contributed by atoms with Gasteiger partial charge >= 0.3 is 0 Å². The van der Waals surface area contributed by atoms with Crippen molar-refractivity contribution < 1.29 is 0 Å². The van der Waals surface area contributed by atoms with E-state index >= 15 is 0 Å². The molecule has 2 aromatic rings. The molecule has 2 nitrogen and oxygen atoms in total. The molecule has 2 rings (SSSR count). The normalized spacial score (nSPS) is 10.2. The van der Waals surface area contributed by atoms with Gasteiger partial charge < -0.3 is 5.32 Å². The first-order valence-corrected chi connectivity index (χ1v) is 6.02. The van der Waals surface area contributed by atoms with E-state index < -0.39 is 0 Å². The molecule has 0 spiro atoms. The predicted octanol–water partition coefficient (Wildman–Crippen LogP) is 3.32. The number of hydrogen-bond donors (Lipinski definition) is 1. The molecule has 0 unspecified atom stereocenters. The molecule has 1 N–H and O–H groups in total. The summed E-state index contributed by atoms with van der Waals surface area (Å²) in [4.78, 5) is 4.22. The van der Waals surface area contributed by atoms with Crippen molar-refractivity contribution in [3.8, 4) is 0 Å². The fourth-order valence-corrected chi connectivity index (χ4v) is 1.93. The van der Waals surface area contributed by atoms with E-state index in [4.69, 9.17) is 0 Å². The number of rotatable bonds is 4. The third-order valence-electron chi connectivity index (χ3n) is 2.32. The summed E-state index contributed by atoms with van der Waals surface area (Å²) in [6.07, 6.45) is 1.09. The first kappa shape index (κ1) is 10.2. The maximum Gasteiger partial charge on any atom is 0.0795 e. The predicted molar refractivity (Wildman–Crippen MR) is 65.3 cm³/mol. The summed E-state index contributed by atoms with van der Waals surface area (Å²) in [5, 5.41) is 5.41. The van der Waals surface area contributed by atoms with Crippen LogP contribution < -0.4 is 5.32 Å². The quantitative estimate of drug-likeness (QED) is 0.851. The van der Waals surface area contributed by atoms with Gasteiger partial charge in [0.2, 0.25) is 0 Å². The second-order valence-corrected chi connectivity index (χ2v) is 4.10. The number of nitrogens with zero attached hydrogens (tertiary/aromatic N) is 1. The van der Waals surface area contributed by atoms with Crippen LogP contribution >= 0.6 is 11.3 Å². The van der Waals surface area contributed by atoms with Crippen molar-refractivity contribution in [1.82, 2.24) is 4.98 Å². The second-order valence-electron chi connectivity index (χ2n) is 3.38. The minimum absolute atomic E-state index is 0.801. The molecule has 0 aliphatic carbocycles. The van der Waals surface area contributed by atoms with Gasteiger partial charge in [0.05, 0.1) is 17.7 Å². The maximum absolute atomic E-state index is 4.22. The van der Waals surface area contributed by atoms with Crippen molar-refractivity contribution in [3.05, 3.63) is 46.4 Å². The van der Waals surface area contributed by atoms with Crippen molar-refractivity contribution >= 4 is 17.0 Å². The highest BCUT2D eigenvalue weighted by Gasteiger charge is 1.95. The van der Waals surface area contributed by atoms with E-state index in [1.807, 2.05) is 5.51 Å². The Bertz CT molecular complexity index is 392. The smallest absolute Gasteiger partial charge is 0.0795 e. The van der Waals surface area contributed by atoms with Gasteiger partial charge in [-0.05, 0) is 24.1 Å². The molecule has 0 bridgehead atoms. The van der Waals surface area contributed by atoms with Crippen LogP contribution in [0.1, 0.15) is 18.2 Å². The third-order valence-corrected chi connectivity index (χ3v) is 2.95. The van der Waals surface area contributed by atoms with Gasteiger partial charge in [-0.2, -0.15) is 0 Å². The van der Waals surface area contributed by atoms with Crippen LogP contribution in [0.3, 0.4) is 0 Å². The van der Waals surface area contributed by atoms with Gasteiger partial charge in [0.15, 0.2) is 0 Å². The molecule has 0 radical (unpaired) electrons. The van der Waals surface area contributed by atoms with E-state index in [-0.39, 0.29) is 0 Å². The molecule has 78 valence electrons. The van der Waals surface area contributed by atoms with Crippen molar-refractivity contribution in [1.29, 1.82) is 0 Å². The van der Waals surface area contributed by atoms with Gasteiger partial charge in [-0.25, -0.2) is 4.98 Å². The van der Waals surface area contributed by atoms with Gasteiger partial charge in [0.1, 0.15) is 0 Å². The molecule has 15 heavy (non-hydrogen) atoms. The third kappa shape index (κ3) is 2.80. The zero-order valence-electron chi connectivity index (χ0n) is 8.73. The Labute approximate surface area is 94.0 Å². The Morgan fingerprint density at radius 2 is 2.07 bits per heavy atom. The zero-order valence-corrected chi connectivity index (χ0v) is 9.55. The molecule has 0 aliphatic heterocycles. The Kier molecular flexibility index (Phi) is 3.35. The lowest BCUT2D eigenvalue weighted by Crippen LogP contribution is -1.99. The fraction of sp³-hybridized carbons (Fsp3) is 0.250. The highest BCUT2D eigenvalue weighted by Crippen LogP contribution is 2.11. The molecule has 0 saturated heterocycles. The molecular weight excluding hydrogens is 204 g/mol. The number of aryl methyl sites for hydroxylation is 1. The standard InChI is InChI=1S/C12H14N2S/c1-2-10-3-5-11(6-4-10)13-7-12-8-15-9-14-12/h3-6,8-9,13H,2,7H2,1H3. The molecule has 0 saturated carbocycles. The summed E-state index contributed by atoms with van der Waals surface area (Å²) < 4.78 is 0. The van der Waals surface area contributed by atoms with Gasteiger partial charge in [-0.15, -0.1) is 11.3 Å². The Hall–Kier alpha value is -1.35. The summed E-state index contributed by atoms with van der Waals surface area (Å²) in [6.45, 7) is 2.96. The average molecular weight is 218 g/mol. The summed E-state index contributed by atoms with van der Waals surface area (Å²) in [6, 6.07) is 8.54. The van der Waals surface area contributed by atoms with Crippen LogP contribution in [-0.4, -0.2) is 4.98 Å². The molecule has 0 aliphatic rings. The van der Waals surface area contributed by atoms with Crippen molar-refractivity contribution in [2.45, 2.75) is 19.9 Å². The molecule has 1 heterocycles. The number of thiazole rings is 1. The Morgan fingerprint density at radius 3 is 2.67 bits per heavy atom. The second kappa shape index (κ2) is 4.94. The highest BCUT2D eigenvalue weighted by molar-refractivity contribution is 7.07. The van der Waals surface area contributed by atoms with Crippen molar-refractivity contribution in [2.24, 2.45) is 0 Å². The Morgan fingerprint density at radius 1 is 1.27 bits per heavy atom. The number of anilines is 1. The van der Waals surface area contributed by atoms with E-state index in [2.05, 4.69) is 46.9 Å². The molecule has 1 aromatic heterocycles. The molecule has 0 atom stereocenters. The highest BCUT2D eigenvalue weighted by atomic mass is 32.1. The lowest BCUT2D eigenvalue weighted by Gasteiger charge is -2.04. The number of hydrogen-bond acceptors (Lipinski definition) is 3. The molecule has 0 fully saturated rings. The van der Waals surface area contributed by atoms with Crippen LogP contribution in [0.25, 0.3) is 0 Å². The van der Waals surface area contributed by atoms with Gasteiger partial charge in [0.25, 0.3) is 0 Å². The SMILES string of the molecule is CCc1ccc(NCc2cscn2)cc1. The van der Waals surface area contributed by atoms with Crippen LogP contribution in [-0.2, 0) is 13.0 Å². The van der Waals surface area contributed by atoms with Crippen LogP contribution in [0.4, 0.5) is 5.69 Å². The average Bonchev–Trinajstić information content (AvgIpc) is 2.80. The fourth-order valence-electron chi connectivity index (χ4n) is 1.38. The van der Waals surface area contributed by atoms with Crippen LogP contribution in [0.5, 0.6) is 0 Å². The zero-order chi connectivity index (χ0) is 10.5. The van der Waals surface area contributed by atoms with E-state index in [0.717, 1.165) is 24.3 Å². The largest absolute Gasteiger partial charge is 0.379 e. The van der Waals surface area contributed by atoms with E-state index in [0.29, 0.717) is 0 Å². The van der Waals surface area contributed by atoms with Crippen molar-refractivity contribution in [2.75, 3.05) is 5.32 Å². The lowest BCUT2D eigenvalue weighted by atomic mass is 10.1. The topological polar surface area (TPSA) is 24.9 Å². The monoisotopic (exact) mass is 218 g/mol. The summed E-state index contributed by atoms with van der Waals surface area (Å²) in [5.41, 5.74) is 5.48. The van der Waals surface area contributed by atoms with Crippen LogP contribution in [0, 0.1) is 0 Å². The number of aromatic nitrogens is 1. The molecule has 3 heteroatoms. The van der Waals surface area contributed by atoms with Crippen molar-refractivity contribution in [3.63, 3.8) is 0 Å². The van der Waals surface area contributed by atoms with Gasteiger partial charge in [-0.1, -0.05) is 19.1 Å². The molecule has 1 aromatic carbocycles. The minimum atomic E-state index is 0.801. The Balaban J connectivity index is 1.93. The van der Waals surface area contributed by atoms with Crippen LogP contribution in [0.2, 0.25) is 0 Å². The van der Waals surface area contributed by atoms with Gasteiger partial charge in [0, 0.05) is 11.1 Å². The number of nitrogens with one attached hydrogen (secondary N) is 1. The summed E-state index contributed by atoms with van der Waals surface area (Å²) >= 11 is 1.63. The minimum Gasteiger partial charge on any atom is -0.379 e. The van der Waals surface area contributed by atoms with Crippen LogP contribution in [0.15, 0.2) is 35.2 Å². The molecule has 0 amide bonds. The van der Waals surface area contributed by atoms with E-state index in [1.165, 1.54) is 5.56 Å². The molecular formula is C12H14N2S. The van der Waals surface area contributed by atoms with E-state index in [9.17, 15) is 0 Å². The lowest BCUT2D eigenvalue weighted by molar-refractivity contribution is 1.07.